The second-order valence-electron chi connectivity index (χ2n) is 6.62. The van der Waals surface area contributed by atoms with E-state index in [0.29, 0.717) is 5.75 Å². The Labute approximate surface area is 198 Å². The largest absolute Gasteiger partial charge is 0.497 e. The summed E-state index contributed by atoms with van der Waals surface area (Å²) in [6.45, 7) is 4.73. The lowest BCUT2D eigenvalue weighted by molar-refractivity contribution is -0.146. The van der Waals surface area contributed by atoms with Crippen molar-refractivity contribution in [3.8, 4) is 5.75 Å². The molecule has 1 aliphatic rings. The zero-order valence-electron chi connectivity index (χ0n) is 19.0. The number of nitrogens with zero attached hydrogens (tertiary/aromatic N) is 3. The molecule has 0 spiro atoms. The van der Waals surface area contributed by atoms with Crippen molar-refractivity contribution in [2.75, 3.05) is 39.6 Å². The number of sulfonamides is 2. The molecular weight excluding hydrogens is 492 g/mol. The first-order valence-electron chi connectivity index (χ1n) is 9.99. The Hall–Kier alpha value is -2.26. The lowest BCUT2D eigenvalue weighted by Crippen LogP contribution is -2.59. The summed E-state index contributed by atoms with van der Waals surface area (Å²) in [5, 5.41) is 0.0984. The fraction of sp³-hybridized carbons (Fsp3) is 0.474. The van der Waals surface area contributed by atoms with Crippen LogP contribution in [0, 0.1) is 6.92 Å². The van der Waals surface area contributed by atoms with E-state index in [1.807, 2.05) is 13.8 Å². The number of thiazole rings is 1. The minimum atomic E-state index is -4.10. The number of piperazine rings is 1. The number of rotatable bonds is 6. The standard InChI is InChI=1S/C17H22N4O7S3.C2H6/c1-11-16(29-17(18)19-11)31(25,26)20-8-9-21(14(10-20)15(22)28-3)30(23,24)13-6-4-12(27-2)5-7-13;1-2/h4-7,14H,8-10H2,1-3H3,(H2,18,19);1-2H3. The maximum absolute atomic E-state index is 13.2. The van der Waals surface area contributed by atoms with Crippen molar-refractivity contribution < 1.29 is 31.1 Å². The van der Waals surface area contributed by atoms with Gasteiger partial charge in [0.1, 0.15) is 11.8 Å². The molecule has 184 valence electrons. The fourth-order valence-electron chi connectivity index (χ4n) is 3.22. The van der Waals surface area contributed by atoms with Gasteiger partial charge in [-0.2, -0.15) is 8.61 Å². The van der Waals surface area contributed by atoms with Crippen molar-refractivity contribution >= 4 is 42.5 Å². The molecule has 14 heteroatoms. The van der Waals surface area contributed by atoms with Gasteiger partial charge in [-0.1, -0.05) is 25.2 Å². The summed E-state index contributed by atoms with van der Waals surface area (Å²) < 4.78 is 64.3. The first kappa shape index (κ1) is 27.0. The Bertz CT molecular complexity index is 1180. The van der Waals surface area contributed by atoms with E-state index in [1.165, 1.54) is 38.3 Å². The molecular formula is C19H28N4O7S3. The monoisotopic (exact) mass is 520 g/mol. The van der Waals surface area contributed by atoms with Gasteiger partial charge in [-0.3, -0.25) is 4.79 Å². The first-order chi connectivity index (χ1) is 15.5. The van der Waals surface area contributed by atoms with Gasteiger partial charge in [-0.25, -0.2) is 21.8 Å². The minimum Gasteiger partial charge on any atom is -0.497 e. The molecule has 3 rings (SSSR count). The zero-order chi connectivity index (χ0) is 25.0. The van der Waals surface area contributed by atoms with Gasteiger partial charge in [0, 0.05) is 19.6 Å². The van der Waals surface area contributed by atoms with E-state index in [1.54, 1.807) is 0 Å². The molecule has 1 saturated heterocycles. The highest BCUT2D eigenvalue weighted by molar-refractivity contribution is 7.91. The van der Waals surface area contributed by atoms with Crippen LogP contribution in [0.15, 0.2) is 33.4 Å². The number of ether oxygens (including phenoxy) is 2. The second kappa shape index (κ2) is 10.8. The van der Waals surface area contributed by atoms with Crippen LogP contribution in [0.25, 0.3) is 0 Å². The number of carbonyl (C=O) groups is 1. The average Bonchev–Trinajstić information content (AvgIpc) is 3.18. The van der Waals surface area contributed by atoms with Crippen molar-refractivity contribution in [3.63, 3.8) is 0 Å². The number of carbonyl (C=O) groups excluding carboxylic acids is 1. The second-order valence-corrected chi connectivity index (χ2v) is 11.7. The molecule has 2 aromatic rings. The van der Waals surface area contributed by atoms with Gasteiger partial charge < -0.3 is 15.2 Å². The number of anilines is 1. The van der Waals surface area contributed by atoms with Crippen LogP contribution in [0.3, 0.4) is 0 Å². The highest BCUT2D eigenvalue weighted by atomic mass is 32.2. The third-order valence-corrected chi connectivity index (χ3v) is 10.1. The third kappa shape index (κ3) is 5.46. The molecule has 1 aromatic carbocycles. The van der Waals surface area contributed by atoms with Crippen molar-refractivity contribution in [2.45, 2.75) is 35.9 Å². The van der Waals surface area contributed by atoms with Crippen LogP contribution >= 0.6 is 11.3 Å². The van der Waals surface area contributed by atoms with Crippen LogP contribution in [0.4, 0.5) is 5.13 Å². The number of nitrogen functional groups attached to an aromatic ring is 1. The van der Waals surface area contributed by atoms with Crippen LogP contribution in [0.5, 0.6) is 5.75 Å². The maximum atomic E-state index is 13.2. The van der Waals surface area contributed by atoms with E-state index < -0.39 is 38.6 Å². The highest BCUT2D eigenvalue weighted by Crippen LogP contribution is 2.31. The van der Waals surface area contributed by atoms with Crippen LogP contribution in [-0.4, -0.2) is 76.3 Å². The van der Waals surface area contributed by atoms with E-state index in [4.69, 9.17) is 15.2 Å². The SMILES string of the molecule is CC.COC(=O)C1CN(S(=O)(=O)c2sc(N)nc2C)CCN1S(=O)(=O)c1ccc(OC)cc1. The average molecular weight is 521 g/mol. The Morgan fingerprint density at radius 1 is 1.09 bits per heavy atom. The topological polar surface area (TPSA) is 149 Å². The van der Waals surface area contributed by atoms with Gasteiger partial charge in [0.05, 0.1) is 24.8 Å². The van der Waals surface area contributed by atoms with Crippen molar-refractivity contribution in [1.29, 1.82) is 0 Å². The van der Waals surface area contributed by atoms with E-state index in [-0.39, 0.29) is 33.0 Å². The number of aryl methyl sites for hydroxylation is 1. The zero-order valence-corrected chi connectivity index (χ0v) is 21.5. The molecule has 0 bridgehead atoms. The molecule has 1 aliphatic heterocycles. The molecule has 2 N–H and O–H groups in total. The number of aromatic nitrogens is 1. The van der Waals surface area contributed by atoms with Crippen LogP contribution in [0.2, 0.25) is 0 Å². The Morgan fingerprint density at radius 3 is 2.18 bits per heavy atom. The molecule has 1 atom stereocenters. The summed E-state index contributed by atoms with van der Waals surface area (Å²) >= 11 is 0.814. The van der Waals surface area contributed by atoms with Gasteiger partial charge >= 0.3 is 5.97 Å². The molecule has 0 amide bonds. The molecule has 1 fully saturated rings. The van der Waals surface area contributed by atoms with Crippen LogP contribution < -0.4 is 10.5 Å². The predicted molar refractivity (Wildman–Crippen MR) is 124 cm³/mol. The maximum Gasteiger partial charge on any atom is 0.325 e. The molecule has 1 unspecified atom stereocenters. The summed E-state index contributed by atoms with van der Waals surface area (Å²) in [5.74, 6) is -0.392. The quantitative estimate of drug-likeness (QED) is 0.556. The smallest absolute Gasteiger partial charge is 0.325 e. The number of benzene rings is 1. The van der Waals surface area contributed by atoms with Crippen LogP contribution in [-0.2, 0) is 29.6 Å². The molecule has 0 saturated carbocycles. The normalized spacial score (nSPS) is 17.7. The number of hydrogen-bond donors (Lipinski definition) is 1. The van der Waals surface area contributed by atoms with Crippen molar-refractivity contribution in [2.24, 2.45) is 0 Å². The Kier molecular flexibility index (Phi) is 8.81. The third-order valence-electron chi connectivity index (χ3n) is 4.78. The Balaban J connectivity index is 0.00000187. The fourth-order valence-corrected chi connectivity index (χ4v) is 7.65. The van der Waals surface area contributed by atoms with Gasteiger partial charge in [-0.15, -0.1) is 0 Å². The summed E-state index contributed by atoms with van der Waals surface area (Å²) in [7, 11) is -5.56. The molecule has 0 radical (unpaired) electrons. The van der Waals surface area contributed by atoms with E-state index in [2.05, 4.69) is 4.98 Å². The van der Waals surface area contributed by atoms with Gasteiger partial charge in [0.25, 0.3) is 10.0 Å². The van der Waals surface area contributed by atoms with Crippen LogP contribution in [0.1, 0.15) is 19.5 Å². The summed E-state index contributed by atoms with van der Waals surface area (Å²) in [6, 6.07) is 4.32. The molecule has 0 aliphatic carbocycles. The predicted octanol–water partition coefficient (Wildman–Crippen LogP) is 1.31. The summed E-state index contributed by atoms with van der Waals surface area (Å²) in [4.78, 5) is 16.3. The van der Waals surface area contributed by atoms with Gasteiger partial charge in [0.15, 0.2) is 9.34 Å². The first-order valence-corrected chi connectivity index (χ1v) is 13.7. The Morgan fingerprint density at radius 2 is 1.70 bits per heavy atom. The highest BCUT2D eigenvalue weighted by Gasteiger charge is 2.44. The lowest BCUT2D eigenvalue weighted by atomic mass is 10.2. The lowest BCUT2D eigenvalue weighted by Gasteiger charge is -2.38. The minimum absolute atomic E-state index is 0.0416. The van der Waals surface area contributed by atoms with E-state index in [0.717, 1.165) is 27.1 Å². The summed E-state index contributed by atoms with van der Waals surface area (Å²) in [6.07, 6.45) is 0. The number of hydrogen-bond acceptors (Lipinski definition) is 10. The molecule has 1 aromatic heterocycles. The van der Waals surface area contributed by atoms with Gasteiger partial charge in [-0.05, 0) is 31.2 Å². The number of methoxy groups -OCH3 is 2. The molecule has 11 nitrogen and oxygen atoms in total. The molecule has 2 heterocycles. The van der Waals surface area contributed by atoms with E-state index >= 15 is 0 Å². The van der Waals surface area contributed by atoms with E-state index in [9.17, 15) is 21.6 Å². The van der Waals surface area contributed by atoms with Crippen molar-refractivity contribution in [1.82, 2.24) is 13.6 Å². The number of esters is 1. The summed E-state index contributed by atoms with van der Waals surface area (Å²) in [5.41, 5.74) is 5.86. The molecule has 33 heavy (non-hydrogen) atoms. The van der Waals surface area contributed by atoms with Crippen molar-refractivity contribution in [3.05, 3.63) is 30.0 Å². The van der Waals surface area contributed by atoms with Gasteiger partial charge in [0.2, 0.25) is 10.0 Å². The number of nitrogens with two attached hydrogens (primary N) is 1.